The Morgan fingerprint density at radius 2 is 1.62 bits per heavy atom. The molecule has 8 heavy (non-hydrogen) atoms. The molecule has 0 saturated carbocycles. The smallest absolute Gasteiger partial charge is 0.124 e. The molecule has 0 heterocycles. The molecule has 0 saturated heterocycles. The van der Waals surface area contributed by atoms with Gasteiger partial charge in [0.1, 0.15) is 5.16 Å². The second-order valence-corrected chi connectivity index (χ2v) is 2.03. The zero-order chi connectivity index (χ0) is 6.73. The number of rotatable bonds is 1. The van der Waals surface area contributed by atoms with Crippen molar-refractivity contribution in [3.63, 3.8) is 0 Å². The first-order valence-corrected chi connectivity index (χ1v) is 2.56. The van der Waals surface area contributed by atoms with Gasteiger partial charge in [0, 0.05) is 0 Å². The molecular weight excluding hydrogens is 147 g/mol. The van der Waals surface area contributed by atoms with Crippen LogP contribution in [0.1, 0.15) is 0 Å². The summed E-state index contributed by atoms with van der Waals surface area (Å²) in [6, 6.07) is 0. The fourth-order valence-corrected chi connectivity index (χ4v) is 0.394. The molecule has 2 nitrogen and oxygen atoms in total. The average molecular weight is 153 g/mol. The summed E-state index contributed by atoms with van der Waals surface area (Å²) in [5, 5.41) is 0.141. The number of halogens is 2. The van der Waals surface area contributed by atoms with Gasteiger partial charge < -0.3 is 11.5 Å². The molecule has 0 aliphatic rings. The first kappa shape index (κ1) is 7.66. The minimum atomic E-state index is -0.0231. The van der Waals surface area contributed by atoms with Crippen LogP contribution in [0.4, 0.5) is 0 Å². The molecule has 4 heteroatoms. The van der Waals surface area contributed by atoms with Crippen molar-refractivity contribution in [1.82, 2.24) is 0 Å². The van der Waals surface area contributed by atoms with Crippen LogP contribution in [0.3, 0.4) is 0 Å². The average Bonchev–Trinajstić information content (AvgIpc) is 1.64. The maximum absolute atomic E-state index is 5.28. The number of hydrogen-bond donors (Lipinski definition) is 2. The minimum Gasteiger partial charge on any atom is -0.395 e. The zero-order valence-electron chi connectivity index (χ0n) is 4.12. The third kappa shape index (κ3) is 2.09. The van der Waals surface area contributed by atoms with E-state index in [-0.39, 0.29) is 15.9 Å². The Labute approximate surface area is 57.7 Å². The fourth-order valence-electron chi connectivity index (χ4n) is 0.130. The lowest BCUT2D eigenvalue weighted by molar-refractivity contribution is 1.32. The van der Waals surface area contributed by atoms with E-state index in [2.05, 4.69) is 6.58 Å². The van der Waals surface area contributed by atoms with Crippen LogP contribution in [0.25, 0.3) is 0 Å². The highest BCUT2D eigenvalue weighted by molar-refractivity contribution is 6.34. The third-order valence-corrected chi connectivity index (χ3v) is 0.957. The molecule has 0 rings (SSSR count). The normalized spacial score (nSPS) is 12.8. The lowest BCUT2D eigenvalue weighted by Crippen LogP contribution is -2.04. The molecule has 0 unspecified atom stereocenters. The van der Waals surface area contributed by atoms with E-state index in [0.29, 0.717) is 0 Å². The standard InChI is InChI=1S/C4H6Cl2N2/c1-2(5)3(7)4(6)8/h1,7-8H2/b4-3+. The van der Waals surface area contributed by atoms with Gasteiger partial charge in [-0.2, -0.15) is 0 Å². The van der Waals surface area contributed by atoms with Gasteiger partial charge in [-0.15, -0.1) is 0 Å². The molecule has 46 valence electrons. The Morgan fingerprint density at radius 3 is 1.62 bits per heavy atom. The van der Waals surface area contributed by atoms with Crippen LogP contribution < -0.4 is 11.5 Å². The first-order chi connectivity index (χ1) is 3.55. The molecule has 0 fully saturated rings. The van der Waals surface area contributed by atoms with Crippen molar-refractivity contribution in [2.24, 2.45) is 11.5 Å². The summed E-state index contributed by atoms with van der Waals surface area (Å²) in [6.07, 6.45) is 0. The van der Waals surface area contributed by atoms with Crippen molar-refractivity contribution in [2.75, 3.05) is 0 Å². The van der Waals surface area contributed by atoms with E-state index in [0.717, 1.165) is 0 Å². The van der Waals surface area contributed by atoms with Crippen LogP contribution in [0, 0.1) is 0 Å². The molecule has 0 aliphatic carbocycles. The van der Waals surface area contributed by atoms with Crippen LogP contribution in [0.15, 0.2) is 22.5 Å². The van der Waals surface area contributed by atoms with Crippen LogP contribution in [-0.2, 0) is 0 Å². The van der Waals surface area contributed by atoms with Gasteiger partial charge in [0.15, 0.2) is 0 Å². The summed E-state index contributed by atoms with van der Waals surface area (Å²) in [5.41, 5.74) is 10.3. The fraction of sp³-hybridized carbons (Fsp3) is 0. The number of allylic oxidation sites excluding steroid dienone is 1. The summed E-state index contributed by atoms with van der Waals surface area (Å²) in [7, 11) is 0. The van der Waals surface area contributed by atoms with E-state index in [1.807, 2.05) is 0 Å². The van der Waals surface area contributed by atoms with Crippen molar-refractivity contribution < 1.29 is 0 Å². The Kier molecular flexibility index (Phi) is 2.72. The highest BCUT2D eigenvalue weighted by Gasteiger charge is 1.95. The molecular formula is C4H6Cl2N2. The predicted octanol–water partition coefficient (Wildman–Crippen LogP) is 1.06. The molecule has 0 aliphatic heterocycles. The van der Waals surface area contributed by atoms with Crippen LogP contribution in [0.2, 0.25) is 0 Å². The monoisotopic (exact) mass is 152 g/mol. The molecule has 0 radical (unpaired) electrons. The maximum Gasteiger partial charge on any atom is 0.124 e. The minimum absolute atomic E-state index is 0.0231. The largest absolute Gasteiger partial charge is 0.395 e. The Hall–Kier alpha value is -0.340. The summed E-state index contributed by atoms with van der Waals surface area (Å²) in [4.78, 5) is 0. The number of nitrogens with two attached hydrogens (primary N) is 2. The van der Waals surface area contributed by atoms with Crippen molar-refractivity contribution in [3.05, 3.63) is 22.5 Å². The maximum atomic E-state index is 5.28. The highest BCUT2D eigenvalue weighted by atomic mass is 35.5. The lowest BCUT2D eigenvalue weighted by Gasteiger charge is -1.95. The summed E-state index contributed by atoms with van der Waals surface area (Å²) < 4.78 is 0. The topological polar surface area (TPSA) is 52.0 Å². The zero-order valence-corrected chi connectivity index (χ0v) is 5.63. The number of hydrogen-bond acceptors (Lipinski definition) is 2. The first-order valence-electron chi connectivity index (χ1n) is 1.81. The molecule has 0 amide bonds. The molecule has 0 spiro atoms. The van der Waals surface area contributed by atoms with Crippen molar-refractivity contribution >= 4 is 23.2 Å². The van der Waals surface area contributed by atoms with Crippen LogP contribution in [0.5, 0.6) is 0 Å². The SMILES string of the molecule is C=C(Cl)/C(N)=C(\N)Cl. The molecule has 0 aromatic heterocycles. The second kappa shape index (κ2) is 2.84. The highest BCUT2D eigenvalue weighted by Crippen LogP contribution is 2.09. The summed E-state index contributed by atoms with van der Waals surface area (Å²) in [6.45, 7) is 3.29. The van der Waals surface area contributed by atoms with E-state index >= 15 is 0 Å². The lowest BCUT2D eigenvalue weighted by atomic mass is 10.5. The second-order valence-electron chi connectivity index (χ2n) is 1.17. The van der Waals surface area contributed by atoms with Gasteiger partial charge in [-0.3, -0.25) is 0 Å². The quantitative estimate of drug-likeness (QED) is 0.437. The van der Waals surface area contributed by atoms with E-state index in [1.165, 1.54) is 0 Å². The van der Waals surface area contributed by atoms with E-state index < -0.39 is 0 Å². The Morgan fingerprint density at radius 1 is 1.25 bits per heavy atom. The van der Waals surface area contributed by atoms with Gasteiger partial charge in [0.2, 0.25) is 0 Å². The van der Waals surface area contributed by atoms with Crippen LogP contribution in [-0.4, -0.2) is 0 Å². The predicted molar refractivity (Wildman–Crippen MR) is 36.2 cm³/mol. The van der Waals surface area contributed by atoms with Gasteiger partial charge in [0.05, 0.1) is 10.7 Å². The molecule has 4 N–H and O–H groups in total. The van der Waals surface area contributed by atoms with Gasteiger partial charge in [-0.25, -0.2) is 0 Å². The third-order valence-electron chi connectivity index (χ3n) is 0.550. The molecule has 0 aromatic carbocycles. The molecule has 0 aromatic rings. The van der Waals surface area contributed by atoms with Crippen molar-refractivity contribution in [2.45, 2.75) is 0 Å². The van der Waals surface area contributed by atoms with Crippen molar-refractivity contribution in [1.29, 1.82) is 0 Å². The van der Waals surface area contributed by atoms with Gasteiger partial charge >= 0.3 is 0 Å². The summed E-state index contributed by atoms with van der Waals surface area (Å²) in [5.74, 6) is 0. The Bertz CT molecular complexity index is 135. The molecule has 0 atom stereocenters. The van der Waals surface area contributed by atoms with Crippen molar-refractivity contribution in [3.8, 4) is 0 Å². The van der Waals surface area contributed by atoms with E-state index in [9.17, 15) is 0 Å². The van der Waals surface area contributed by atoms with Gasteiger partial charge in [-0.05, 0) is 0 Å². The van der Waals surface area contributed by atoms with Crippen LogP contribution >= 0.6 is 23.2 Å². The molecule has 0 bridgehead atoms. The van der Waals surface area contributed by atoms with Gasteiger partial charge in [-0.1, -0.05) is 29.8 Å². The Balaban J connectivity index is 4.23. The van der Waals surface area contributed by atoms with E-state index in [4.69, 9.17) is 34.7 Å². The summed E-state index contributed by atoms with van der Waals surface area (Å²) >= 11 is 10.5. The van der Waals surface area contributed by atoms with Gasteiger partial charge in [0.25, 0.3) is 0 Å². The van der Waals surface area contributed by atoms with E-state index in [1.54, 1.807) is 0 Å².